The molecule has 0 aromatic heterocycles. The number of fused-ring (bicyclic) bond motifs is 1. The van der Waals surface area contributed by atoms with Crippen LogP contribution in [0.4, 0.5) is 11.4 Å². The van der Waals surface area contributed by atoms with Gasteiger partial charge in [0.15, 0.2) is 6.61 Å². The summed E-state index contributed by atoms with van der Waals surface area (Å²) in [4.78, 5) is 36.8. The molecule has 0 spiro atoms. The molecule has 1 aliphatic rings. The van der Waals surface area contributed by atoms with Crippen LogP contribution in [0.25, 0.3) is 0 Å². The predicted octanol–water partition coefficient (Wildman–Crippen LogP) is 2.51. The molecule has 7 nitrogen and oxygen atoms in total. The van der Waals surface area contributed by atoms with Crippen molar-refractivity contribution >= 4 is 45.1 Å². The van der Waals surface area contributed by atoms with Crippen molar-refractivity contribution in [1.29, 1.82) is 0 Å². The molecule has 1 heterocycles. The van der Waals surface area contributed by atoms with Crippen LogP contribution >= 0.6 is 15.9 Å². The van der Waals surface area contributed by atoms with E-state index in [2.05, 4.69) is 21.2 Å². The Morgan fingerprint density at radius 3 is 2.72 bits per heavy atom. The van der Waals surface area contributed by atoms with E-state index in [0.717, 1.165) is 0 Å². The number of benzene rings is 2. The van der Waals surface area contributed by atoms with E-state index in [0.29, 0.717) is 15.9 Å². The van der Waals surface area contributed by atoms with Crippen molar-refractivity contribution < 1.29 is 24.2 Å². The molecule has 2 amide bonds. The minimum atomic E-state index is -1.13. The number of nitrogens with zero attached hydrogens (tertiary/aromatic N) is 1. The van der Waals surface area contributed by atoms with E-state index in [4.69, 9.17) is 9.84 Å². The summed E-state index contributed by atoms with van der Waals surface area (Å²) in [6.45, 7) is -0.457. The SMILES string of the molecule is O=C(CN1C(=O)COc2ccc(C(=O)O)cc21)Nc1ccccc1Br. The van der Waals surface area contributed by atoms with Crippen LogP contribution in [0.15, 0.2) is 46.9 Å². The largest absolute Gasteiger partial charge is 0.482 e. The van der Waals surface area contributed by atoms with Gasteiger partial charge in [-0.15, -0.1) is 0 Å². The van der Waals surface area contributed by atoms with Crippen LogP contribution in [-0.2, 0) is 9.59 Å². The summed E-state index contributed by atoms with van der Waals surface area (Å²) in [6, 6.07) is 11.3. The number of rotatable bonds is 4. The molecule has 25 heavy (non-hydrogen) atoms. The molecule has 8 heteroatoms. The number of nitrogens with one attached hydrogen (secondary N) is 1. The molecule has 0 saturated carbocycles. The van der Waals surface area contributed by atoms with Gasteiger partial charge in [0.25, 0.3) is 5.91 Å². The molecule has 3 rings (SSSR count). The first-order valence-electron chi connectivity index (χ1n) is 7.30. The van der Waals surface area contributed by atoms with E-state index < -0.39 is 17.8 Å². The van der Waals surface area contributed by atoms with Crippen molar-refractivity contribution in [3.8, 4) is 5.75 Å². The van der Waals surface area contributed by atoms with E-state index in [1.165, 1.54) is 23.1 Å². The lowest BCUT2D eigenvalue weighted by Gasteiger charge is -2.29. The average Bonchev–Trinajstić information content (AvgIpc) is 2.59. The molecule has 2 aromatic carbocycles. The van der Waals surface area contributed by atoms with E-state index >= 15 is 0 Å². The Morgan fingerprint density at radius 2 is 2.00 bits per heavy atom. The summed E-state index contributed by atoms with van der Waals surface area (Å²) < 4.78 is 6.01. The van der Waals surface area contributed by atoms with Crippen molar-refractivity contribution in [2.24, 2.45) is 0 Å². The highest BCUT2D eigenvalue weighted by Crippen LogP contribution is 2.33. The van der Waals surface area contributed by atoms with Crippen LogP contribution in [0, 0.1) is 0 Å². The van der Waals surface area contributed by atoms with Crippen molar-refractivity contribution in [1.82, 2.24) is 0 Å². The molecule has 128 valence electrons. The zero-order valence-electron chi connectivity index (χ0n) is 12.9. The van der Waals surface area contributed by atoms with Gasteiger partial charge in [0.05, 0.1) is 16.9 Å². The Hall–Kier alpha value is -2.87. The maximum atomic E-state index is 12.3. The number of anilines is 2. The number of para-hydroxylation sites is 1. The van der Waals surface area contributed by atoms with Crippen molar-refractivity contribution in [2.75, 3.05) is 23.4 Å². The van der Waals surface area contributed by atoms with E-state index in [1.807, 2.05) is 6.07 Å². The highest BCUT2D eigenvalue weighted by Gasteiger charge is 2.28. The number of halogens is 1. The molecule has 2 N–H and O–H groups in total. The van der Waals surface area contributed by atoms with Crippen LogP contribution in [-0.4, -0.2) is 36.0 Å². The predicted molar refractivity (Wildman–Crippen MR) is 94.0 cm³/mol. The summed E-state index contributed by atoms with van der Waals surface area (Å²) in [5, 5.41) is 11.8. The zero-order valence-corrected chi connectivity index (χ0v) is 14.4. The standard InChI is InChI=1S/C17H13BrN2O5/c18-11-3-1-2-4-12(11)19-15(21)8-20-13-7-10(17(23)24)5-6-14(13)25-9-16(20)22/h1-7H,8-9H2,(H,19,21)(H,23,24). The molecule has 0 bridgehead atoms. The van der Waals surface area contributed by atoms with E-state index in [9.17, 15) is 14.4 Å². The second-order valence-electron chi connectivity index (χ2n) is 5.28. The third-order valence-corrected chi connectivity index (χ3v) is 4.29. The molecular formula is C17H13BrN2O5. The van der Waals surface area contributed by atoms with Crippen LogP contribution in [0.5, 0.6) is 5.75 Å². The van der Waals surface area contributed by atoms with Crippen molar-refractivity contribution in [3.05, 3.63) is 52.5 Å². The zero-order chi connectivity index (χ0) is 18.0. The second-order valence-corrected chi connectivity index (χ2v) is 6.14. The maximum Gasteiger partial charge on any atom is 0.335 e. The van der Waals surface area contributed by atoms with E-state index in [1.54, 1.807) is 18.2 Å². The highest BCUT2D eigenvalue weighted by molar-refractivity contribution is 9.10. The smallest absolute Gasteiger partial charge is 0.335 e. The van der Waals surface area contributed by atoms with Gasteiger partial charge in [-0.3, -0.25) is 14.5 Å². The number of hydrogen-bond acceptors (Lipinski definition) is 4. The second kappa shape index (κ2) is 6.94. The number of amides is 2. The van der Waals surface area contributed by atoms with Crippen molar-refractivity contribution in [2.45, 2.75) is 0 Å². The average molecular weight is 405 g/mol. The Morgan fingerprint density at radius 1 is 1.24 bits per heavy atom. The number of carboxylic acids is 1. The van der Waals surface area contributed by atoms with Crippen LogP contribution in [0.2, 0.25) is 0 Å². The first kappa shape index (κ1) is 17.0. The molecule has 0 atom stereocenters. The third-order valence-electron chi connectivity index (χ3n) is 3.60. The quantitative estimate of drug-likeness (QED) is 0.815. The lowest BCUT2D eigenvalue weighted by molar-refractivity contribution is -0.123. The number of carbonyl (C=O) groups is 3. The Kier molecular flexibility index (Phi) is 4.71. The summed E-state index contributed by atoms with van der Waals surface area (Å²) in [5.41, 5.74) is 0.847. The fourth-order valence-electron chi connectivity index (χ4n) is 2.40. The first-order chi connectivity index (χ1) is 12.0. The summed E-state index contributed by atoms with van der Waals surface area (Å²) in [5.74, 6) is -1.59. The van der Waals surface area contributed by atoms with Gasteiger partial charge in [0.2, 0.25) is 5.91 Å². The fraction of sp³-hybridized carbons (Fsp3) is 0.118. The molecule has 2 aromatic rings. The van der Waals surface area contributed by atoms with Crippen LogP contribution < -0.4 is 15.0 Å². The van der Waals surface area contributed by atoms with Gasteiger partial charge in [-0.05, 0) is 46.3 Å². The summed E-state index contributed by atoms with van der Waals surface area (Å²) >= 11 is 3.33. The number of carbonyl (C=O) groups excluding carboxylic acids is 2. The number of ether oxygens (including phenoxy) is 1. The minimum absolute atomic E-state index is 0.00765. The van der Waals surface area contributed by atoms with Crippen LogP contribution in [0.3, 0.4) is 0 Å². The third kappa shape index (κ3) is 3.63. The fourth-order valence-corrected chi connectivity index (χ4v) is 2.79. The Balaban J connectivity index is 1.84. The van der Waals surface area contributed by atoms with Crippen LogP contribution in [0.1, 0.15) is 10.4 Å². The van der Waals surface area contributed by atoms with Gasteiger partial charge in [-0.1, -0.05) is 12.1 Å². The summed E-state index contributed by atoms with van der Waals surface area (Å²) in [7, 11) is 0. The summed E-state index contributed by atoms with van der Waals surface area (Å²) in [6.07, 6.45) is 0. The molecule has 0 radical (unpaired) electrons. The highest BCUT2D eigenvalue weighted by atomic mass is 79.9. The molecular weight excluding hydrogens is 392 g/mol. The minimum Gasteiger partial charge on any atom is -0.482 e. The number of aromatic carboxylic acids is 1. The lowest BCUT2D eigenvalue weighted by atomic mass is 10.1. The number of carboxylic acid groups (broad SMARTS) is 1. The first-order valence-corrected chi connectivity index (χ1v) is 8.10. The van der Waals surface area contributed by atoms with Gasteiger partial charge in [0, 0.05) is 4.47 Å². The van der Waals surface area contributed by atoms with Gasteiger partial charge in [-0.2, -0.15) is 0 Å². The van der Waals surface area contributed by atoms with Gasteiger partial charge in [0.1, 0.15) is 12.3 Å². The van der Waals surface area contributed by atoms with Gasteiger partial charge < -0.3 is 15.2 Å². The van der Waals surface area contributed by atoms with Crippen molar-refractivity contribution in [3.63, 3.8) is 0 Å². The maximum absolute atomic E-state index is 12.3. The normalized spacial score (nSPS) is 13.0. The molecule has 0 unspecified atom stereocenters. The molecule has 0 fully saturated rings. The lowest BCUT2D eigenvalue weighted by Crippen LogP contribution is -2.43. The number of hydrogen-bond donors (Lipinski definition) is 2. The molecule has 0 aliphatic carbocycles. The Labute approximate surface area is 151 Å². The van der Waals surface area contributed by atoms with Gasteiger partial charge in [-0.25, -0.2) is 4.79 Å². The van der Waals surface area contributed by atoms with E-state index in [-0.39, 0.29) is 24.4 Å². The molecule has 1 aliphatic heterocycles. The van der Waals surface area contributed by atoms with Gasteiger partial charge >= 0.3 is 5.97 Å². The Bertz CT molecular complexity index is 868. The topological polar surface area (TPSA) is 95.9 Å². The molecule has 0 saturated heterocycles. The monoisotopic (exact) mass is 404 g/mol.